The molecule has 0 aromatic heterocycles. The van der Waals surface area contributed by atoms with E-state index in [1.54, 1.807) is 4.90 Å². The number of carbonyl (C=O) groups is 2. The lowest BCUT2D eigenvalue weighted by Gasteiger charge is -2.32. The molecule has 1 heterocycles. The van der Waals surface area contributed by atoms with Crippen LogP contribution in [-0.4, -0.2) is 54.8 Å². The number of hydrogen-bond acceptors (Lipinski definition) is 5. The molecule has 0 aromatic carbocycles. The van der Waals surface area contributed by atoms with Gasteiger partial charge in [-0.25, -0.2) is 13.2 Å². The van der Waals surface area contributed by atoms with Gasteiger partial charge in [0, 0.05) is 25.6 Å². The van der Waals surface area contributed by atoms with Gasteiger partial charge in [0.2, 0.25) is 0 Å². The van der Waals surface area contributed by atoms with Crippen molar-refractivity contribution < 1.29 is 23.1 Å². The molecule has 6 nitrogen and oxygen atoms in total. The highest BCUT2D eigenvalue weighted by molar-refractivity contribution is 7.91. The van der Waals surface area contributed by atoms with Gasteiger partial charge < -0.3 is 10.0 Å². The number of nitrogens with zero attached hydrogens (tertiary/aromatic N) is 1. The molecule has 0 spiro atoms. The Morgan fingerprint density at radius 3 is 2.44 bits per heavy atom. The Balaban J connectivity index is 2.23. The van der Waals surface area contributed by atoms with Gasteiger partial charge in [-0.1, -0.05) is 6.08 Å². The van der Waals surface area contributed by atoms with Crippen molar-refractivity contribution in [1.29, 1.82) is 0 Å². The lowest BCUT2D eigenvalue weighted by Crippen LogP contribution is -2.41. The number of aliphatic carboxylic acids is 1. The third kappa shape index (κ3) is 2.61. The fraction of sp³-hybridized carbons (Fsp3) is 0.455. The normalized spacial score (nSPS) is 23.3. The Kier molecular flexibility index (Phi) is 3.25. The molecule has 2 aliphatic rings. The number of carboxylic acids is 1. The Hall–Kier alpha value is -1.63. The molecule has 0 radical (unpaired) electrons. The predicted octanol–water partition coefficient (Wildman–Crippen LogP) is -0.416. The Labute approximate surface area is 105 Å². The summed E-state index contributed by atoms with van der Waals surface area (Å²) in [6, 6.07) is 0. The zero-order chi connectivity index (χ0) is 13.3. The van der Waals surface area contributed by atoms with Crippen LogP contribution in [0.5, 0.6) is 0 Å². The van der Waals surface area contributed by atoms with Crippen molar-refractivity contribution in [1.82, 2.24) is 4.90 Å². The monoisotopic (exact) mass is 271 g/mol. The summed E-state index contributed by atoms with van der Waals surface area (Å²) < 4.78 is 22.6. The largest absolute Gasteiger partial charge is 0.478 e. The van der Waals surface area contributed by atoms with Crippen LogP contribution in [0.1, 0.15) is 6.42 Å². The average molecular weight is 271 g/mol. The van der Waals surface area contributed by atoms with E-state index < -0.39 is 15.8 Å². The molecule has 0 unspecified atom stereocenters. The van der Waals surface area contributed by atoms with Gasteiger partial charge in [-0.3, -0.25) is 4.79 Å². The van der Waals surface area contributed by atoms with E-state index in [-0.39, 0.29) is 42.4 Å². The first-order valence-electron chi connectivity index (χ1n) is 5.53. The minimum atomic E-state index is -3.03. The van der Waals surface area contributed by atoms with Gasteiger partial charge in [0.15, 0.2) is 15.6 Å². The Bertz CT molecular complexity index is 544. The lowest BCUT2D eigenvalue weighted by molar-refractivity contribution is -0.132. The lowest BCUT2D eigenvalue weighted by atomic mass is 10.0. The molecule has 1 aliphatic heterocycles. The Morgan fingerprint density at radius 2 is 1.89 bits per heavy atom. The number of carbonyl (C=O) groups excluding carboxylic acids is 1. The van der Waals surface area contributed by atoms with Crippen molar-refractivity contribution in [2.75, 3.05) is 24.6 Å². The average Bonchev–Trinajstić information content (AvgIpc) is 2.28. The van der Waals surface area contributed by atoms with Crippen LogP contribution in [0, 0.1) is 0 Å². The molecule has 0 atom stereocenters. The molecule has 0 saturated carbocycles. The van der Waals surface area contributed by atoms with Gasteiger partial charge in [-0.15, -0.1) is 0 Å². The summed E-state index contributed by atoms with van der Waals surface area (Å²) in [5, 5.41) is 9.06. The minimum Gasteiger partial charge on any atom is -0.478 e. The molecule has 18 heavy (non-hydrogen) atoms. The highest BCUT2D eigenvalue weighted by Crippen LogP contribution is 2.23. The number of sulfone groups is 1. The standard InChI is InChI=1S/C11H13NO5S/c13-8-1-2-9(11(14)15)10(7-8)12-3-5-18(16,17)6-4-12/h2,7H,1,3-6H2,(H,14,15). The van der Waals surface area contributed by atoms with Crippen LogP contribution in [0.3, 0.4) is 0 Å². The first-order chi connectivity index (χ1) is 8.39. The first-order valence-corrected chi connectivity index (χ1v) is 7.35. The summed E-state index contributed by atoms with van der Waals surface area (Å²) in [7, 11) is -3.03. The van der Waals surface area contributed by atoms with Crippen molar-refractivity contribution in [3.05, 3.63) is 23.4 Å². The summed E-state index contributed by atoms with van der Waals surface area (Å²) in [4.78, 5) is 24.1. The van der Waals surface area contributed by atoms with E-state index in [2.05, 4.69) is 0 Å². The van der Waals surface area contributed by atoms with Gasteiger partial charge >= 0.3 is 5.97 Å². The van der Waals surface area contributed by atoms with Crippen molar-refractivity contribution in [3.63, 3.8) is 0 Å². The molecule has 0 amide bonds. The van der Waals surface area contributed by atoms with Gasteiger partial charge in [0.1, 0.15) is 0 Å². The molecule has 7 heteroatoms. The molecule has 1 N–H and O–H groups in total. The quantitative estimate of drug-likeness (QED) is 0.733. The number of allylic oxidation sites excluding steroid dienone is 2. The van der Waals surface area contributed by atoms with Gasteiger partial charge in [-0.2, -0.15) is 0 Å². The number of hydrogen-bond donors (Lipinski definition) is 1. The fourth-order valence-electron chi connectivity index (χ4n) is 2.01. The van der Waals surface area contributed by atoms with E-state index in [9.17, 15) is 18.0 Å². The van der Waals surface area contributed by atoms with E-state index >= 15 is 0 Å². The highest BCUT2D eigenvalue weighted by Gasteiger charge is 2.28. The number of rotatable bonds is 2. The summed E-state index contributed by atoms with van der Waals surface area (Å²) in [6.07, 6.45) is 2.75. The fourth-order valence-corrected chi connectivity index (χ4v) is 3.21. The zero-order valence-electron chi connectivity index (χ0n) is 9.63. The number of carboxylic acid groups (broad SMARTS) is 1. The van der Waals surface area contributed by atoms with Crippen LogP contribution in [0.2, 0.25) is 0 Å². The predicted molar refractivity (Wildman–Crippen MR) is 63.7 cm³/mol. The van der Waals surface area contributed by atoms with Crippen molar-refractivity contribution in [2.24, 2.45) is 0 Å². The topological polar surface area (TPSA) is 91.8 Å². The molecular weight excluding hydrogens is 258 g/mol. The second kappa shape index (κ2) is 4.56. The van der Waals surface area contributed by atoms with E-state index in [0.717, 1.165) is 0 Å². The van der Waals surface area contributed by atoms with Crippen molar-refractivity contribution in [2.45, 2.75) is 6.42 Å². The van der Waals surface area contributed by atoms with Crippen LogP contribution in [0.15, 0.2) is 23.4 Å². The van der Waals surface area contributed by atoms with Crippen molar-refractivity contribution >= 4 is 21.6 Å². The van der Waals surface area contributed by atoms with Crippen LogP contribution >= 0.6 is 0 Å². The van der Waals surface area contributed by atoms with E-state index in [0.29, 0.717) is 5.70 Å². The second-order valence-electron chi connectivity index (χ2n) is 4.26. The molecule has 0 aromatic rings. The third-order valence-corrected chi connectivity index (χ3v) is 4.61. The van der Waals surface area contributed by atoms with Gasteiger partial charge in [0.05, 0.1) is 22.8 Å². The molecule has 1 fully saturated rings. The third-order valence-electron chi connectivity index (χ3n) is 3.00. The summed E-state index contributed by atoms with van der Waals surface area (Å²) in [6.45, 7) is 0.456. The molecular formula is C11H13NO5S. The highest BCUT2D eigenvalue weighted by atomic mass is 32.2. The maximum atomic E-state index is 11.4. The SMILES string of the molecule is O=C1C=C(N2CCS(=O)(=O)CC2)C(C(=O)O)=CC1. The van der Waals surface area contributed by atoms with E-state index in [4.69, 9.17) is 5.11 Å². The minimum absolute atomic E-state index is 0.00850. The van der Waals surface area contributed by atoms with Gasteiger partial charge in [-0.05, 0) is 0 Å². The molecule has 1 saturated heterocycles. The second-order valence-corrected chi connectivity index (χ2v) is 6.57. The summed E-state index contributed by atoms with van der Waals surface area (Å²) in [5.41, 5.74) is 0.405. The number of ketones is 1. The smallest absolute Gasteiger partial charge is 0.337 e. The molecule has 98 valence electrons. The van der Waals surface area contributed by atoms with E-state index in [1.165, 1.54) is 12.2 Å². The van der Waals surface area contributed by atoms with Crippen LogP contribution < -0.4 is 0 Å². The molecule has 2 rings (SSSR count). The van der Waals surface area contributed by atoms with Crippen LogP contribution in [0.4, 0.5) is 0 Å². The van der Waals surface area contributed by atoms with Gasteiger partial charge in [0.25, 0.3) is 0 Å². The maximum absolute atomic E-state index is 11.4. The first kappa shape index (κ1) is 12.8. The molecule has 1 aliphatic carbocycles. The van der Waals surface area contributed by atoms with Crippen LogP contribution in [-0.2, 0) is 19.4 Å². The van der Waals surface area contributed by atoms with Crippen LogP contribution in [0.25, 0.3) is 0 Å². The van der Waals surface area contributed by atoms with Crippen molar-refractivity contribution in [3.8, 4) is 0 Å². The van der Waals surface area contributed by atoms with E-state index in [1.807, 2.05) is 0 Å². The molecule has 0 bridgehead atoms. The summed E-state index contributed by atoms with van der Waals surface area (Å²) >= 11 is 0. The zero-order valence-corrected chi connectivity index (χ0v) is 10.4. The maximum Gasteiger partial charge on any atom is 0.337 e. The summed E-state index contributed by atoms with van der Waals surface area (Å²) in [5.74, 6) is -1.28. The Morgan fingerprint density at radius 1 is 1.28 bits per heavy atom.